The number of likely N-dealkylation sites (tertiary alicyclic amines) is 1. The number of benzene rings is 1. The summed E-state index contributed by atoms with van der Waals surface area (Å²) in [6.45, 7) is 7.90. The molecule has 0 bridgehead atoms. The van der Waals surface area contributed by atoms with Gasteiger partial charge in [-0.25, -0.2) is 0 Å². The molecule has 1 amide bonds. The number of amides is 1. The van der Waals surface area contributed by atoms with Gasteiger partial charge in [-0.2, -0.15) is 0 Å². The summed E-state index contributed by atoms with van der Waals surface area (Å²) < 4.78 is 5.24. The lowest BCUT2D eigenvalue weighted by Crippen LogP contribution is -2.50. The van der Waals surface area contributed by atoms with Crippen molar-refractivity contribution in [3.63, 3.8) is 0 Å². The van der Waals surface area contributed by atoms with Crippen molar-refractivity contribution in [3.05, 3.63) is 29.8 Å². The van der Waals surface area contributed by atoms with Crippen molar-refractivity contribution in [3.8, 4) is 0 Å². The Hall–Kier alpha value is -1.59. The molecule has 0 radical (unpaired) electrons. The van der Waals surface area contributed by atoms with Gasteiger partial charge in [-0.3, -0.25) is 4.79 Å². The molecule has 5 heteroatoms. The van der Waals surface area contributed by atoms with Gasteiger partial charge >= 0.3 is 0 Å². The first kappa shape index (κ1) is 17.2. The van der Waals surface area contributed by atoms with Crippen molar-refractivity contribution in [2.75, 3.05) is 44.8 Å². The first-order valence-electron chi connectivity index (χ1n) is 8.84. The summed E-state index contributed by atoms with van der Waals surface area (Å²) in [7, 11) is 0. The molecule has 1 aromatic carbocycles. The van der Waals surface area contributed by atoms with Gasteiger partial charge in [-0.05, 0) is 30.4 Å². The highest BCUT2D eigenvalue weighted by atomic mass is 16.5. The van der Waals surface area contributed by atoms with E-state index < -0.39 is 0 Å². The Morgan fingerprint density at radius 2 is 1.96 bits per heavy atom. The Morgan fingerprint density at radius 1 is 1.29 bits per heavy atom. The largest absolute Gasteiger partial charge is 0.396 e. The molecular weight excluding hydrogens is 304 g/mol. The molecule has 0 saturated carbocycles. The zero-order chi connectivity index (χ0) is 17.2. The van der Waals surface area contributed by atoms with Crippen LogP contribution in [0.1, 0.15) is 30.6 Å². The van der Waals surface area contributed by atoms with Crippen LogP contribution in [0.3, 0.4) is 0 Å². The minimum atomic E-state index is -0.218. The number of ether oxygens (including phenoxy) is 1. The predicted octanol–water partition coefficient (Wildman–Crippen LogP) is 2.23. The number of nitrogens with one attached hydrogen (secondary N) is 1. The number of anilines is 1. The van der Waals surface area contributed by atoms with Crippen molar-refractivity contribution in [2.45, 2.75) is 20.3 Å². The van der Waals surface area contributed by atoms with Gasteiger partial charge in [-0.15, -0.1) is 0 Å². The van der Waals surface area contributed by atoms with Crippen molar-refractivity contribution in [1.29, 1.82) is 0 Å². The molecule has 2 atom stereocenters. The van der Waals surface area contributed by atoms with E-state index in [0.29, 0.717) is 37.2 Å². The molecule has 2 heterocycles. The van der Waals surface area contributed by atoms with E-state index >= 15 is 0 Å². The normalized spacial score (nSPS) is 25.9. The average molecular weight is 332 g/mol. The van der Waals surface area contributed by atoms with Gasteiger partial charge in [0.25, 0.3) is 5.91 Å². The van der Waals surface area contributed by atoms with E-state index in [1.54, 1.807) is 0 Å². The van der Waals surface area contributed by atoms with Gasteiger partial charge in [0.2, 0.25) is 0 Å². The van der Waals surface area contributed by atoms with Gasteiger partial charge in [0.05, 0.1) is 30.8 Å². The third-order valence-corrected chi connectivity index (χ3v) is 5.12. The third kappa shape index (κ3) is 3.57. The molecule has 132 valence electrons. The first-order chi connectivity index (χ1) is 11.5. The number of hydrogen-bond donors (Lipinski definition) is 2. The summed E-state index contributed by atoms with van der Waals surface area (Å²) in [5.41, 5.74) is 1.34. The second-order valence-electron chi connectivity index (χ2n) is 7.71. The van der Waals surface area contributed by atoms with Crippen LogP contribution in [-0.2, 0) is 4.74 Å². The van der Waals surface area contributed by atoms with Crippen molar-refractivity contribution in [2.24, 2.45) is 17.3 Å². The van der Waals surface area contributed by atoms with Crippen LogP contribution in [0, 0.1) is 17.3 Å². The predicted molar refractivity (Wildman–Crippen MR) is 94.1 cm³/mol. The lowest BCUT2D eigenvalue weighted by Gasteiger charge is -2.40. The molecule has 0 aliphatic carbocycles. The maximum atomic E-state index is 13.0. The Kier molecular flexibility index (Phi) is 5.11. The first-order valence-corrected chi connectivity index (χ1v) is 8.84. The number of aliphatic hydroxyl groups excluding tert-OH is 1. The number of hydrogen-bond acceptors (Lipinski definition) is 4. The second kappa shape index (κ2) is 7.11. The lowest BCUT2D eigenvalue weighted by atomic mass is 9.87. The summed E-state index contributed by atoms with van der Waals surface area (Å²) in [6, 6.07) is 7.67. The molecule has 2 aliphatic rings. The maximum Gasteiger partial charge on any atom is 0.255 e. The molecule has 2 aliphatic heterocycles. The molecular formula is C19H28N2O3. The van der Waals surface area contributed by atoms with E-state index in [-0.39, 0.29) is 17.9 Å². The van der Waals surface area contributed by atoms with Crippen molar-refractivity contribution < 1.29 is 14.6 Å². The molecule has 2 fully saturated rings. The topological polar surface area (TPSA) is 61.8 Å². The number of carbonyl (C=O) groups excluding carboxylic acids is 1. The Balaban J connectivity index is 1.72. The van der Waals surface area contributed by atoms with E-state index in [4.69, 9.17) is 4.74 Å². The molecule has 24 heavy (non-hydrogen) atoms. The number of piperidine rings is 1. The van der Waals surface area contributed by atoms with E-state index in [1.165, 1.54) is 6.42 Å². The average Bonchev–Trinajstić information content (AvgIpc) is 2.53. The molecule has 2 unspecified atom stereocenters. The quantitative estimate of drug-likeness (QED) is 0.868. The van der Waals surface area contributed by atoms with Crippen LogP contribution in [0.5, 0.6) is 0 Å². The highest BCUT2D eigenvalue weighted by Gasteiger charge is 2.38. The minimum absolute atomic E-state index is 0.0945. The Labute approximate surface area is 144 Å². The Bertz CT molecular complexity index is 570. The molecule has 1 aromatic rings. The van der Waals surface area contributed by atoms with Crippen LogP contribution >= 0.6 is 0 Å². The SMILES string of the molecule is CC1CC(C)CN(C(=O)c2ccccc2NCC2(CO)COC2)C1. The standard InChI is InChI=1S/C19H28N2O3/c1-14-7-15(2)9-21(8-14)18(23)16-5-3-4-6-17(16)20-10-19(11-22)12-24-13-19/h3-6,14-15,20,22H,7-13H2,1-2H3. The summed E-state index contributed by atoms with van der Waals surface area (Å²) >= 11 is 0. The molecule has 0 spiro atoms. The highest BCUT2D eigenvalue weighted by molar-refractivity contribution is 5.99. The van der Waals surface area contributed by atoms with Gasteiger partial charge in [0.1, 0.15) is 0 Å². The van der Waals surface area contributed by atoms with E-state index in [9.17, 15) is 9.90 Å². The van der Waals surface area contributed by atoms with Gasteiger partial charge in [0.15, 0.2) is 0 Å². The fourth-order valence-electron chi connectivity index (χ4n) is 3.75. The second-order valence-corrected chi connectivity index (χ2v) is 7.71. The van der Waals surface area contributed by atoms with E-state index in [0.717, 1.165) is 18.8 Å². The fourth-order valence-corrected chi connectivity index (χ4v) is 3.75. The molecule has 2 N–H and O–H groups in total. The highest BCUT2D eigenvalue weighted by Crippen LogP contribution is 2.29. The molecule has 0 aromatic heterocycles. The molecule has 2 saturated heterocycles. The van der Waals surface area contributed by atoms with Crippen LogP contribution in [0.4, 0.5) is 5.69 Å². The molecule has 3 rings (SSSR count). The monoisotopic (exact) mass is 332 g/mol. The van der Waals surface area contributed by atoms with Gasteiger partial charge < -0.3 is 20.1 Å². The van der Waals surface area contributed by atoms with Crippen LogP contribution < -0.4 is 5.32 Å². The van der Waals surface area contributed by atoms with Crippen molar-refractivity contribution in [1.82, 2.24) is 4.90 Å². The van der Waals surface area contributed by atoms with Crippen molar-refractivity contribution >= 4 is 11.6 Å². The zero-order valence-electron chi connectivity index (χ0n) is 14.6. The van der Waals surface area contributed by atoms with Crippen LogP contribution in [0.2, 0.25) is 0 Å². The lowest BCUT2D eigenvalue weighted by molar-refractivity contribution is -0.128. The smallest absolute Gasteiger partial charge is 0.255 e. The van der Waals surface area contributed by atoms with Crippen LogP contribution in [-0.4, -0.2) is 55.4 Å². The fraction of sp³-hybridized carbons (Fsp3) is 0.632. The molecule has 5 nitrogen and oxygen atoms in total. The number of para-hydroxylation sites is 1. The Morgan fingerprint density at radius 3 is 2.54 bits per heavy atom. The number of aliphatic hydroxyl groups is 1. The van der Waals surface area contributed by atoms with Gasteiger partial charge in [-0.1, -0.05) is 26.0 Å². The van der Waals surface area contributed by atoms with Crippen LogP contribution in [0.25, 0.3) is 0 Å². The minimum Gasteiger partial charge on any atom is -0.396 e. The van der Waals surface area contributed by atoms with Gasteiger partial charge in [0, 0.05) is 25.3 Å². The van der Waals surface area contributed by atoms with E-state index in [1.807, 2.05) is 29.2 Å². The number of nitrogens with zero attached hydrogens (tertiary/aromatic N) is 1. The summed E-state index contributed by atoms with van der Waals surface area (Å²) in [6.07, 6.45) is 1.18. The summed E-state index contributed by atoms with van der Waals surface area (Å²) in [4.78, 5) is 15.0. The summed E-state index contributed by atoms with van der Waals surface area (Å²) in [5.74, 6) is 1.18. The van der Waals surface area contributed by atoms with Crippen LogP contribution in [0.15, 0.2) is 24.3 Å². The number of carbonyl (C=O) groups is 1. The van der Waals surface area contributed by atoms with E-state index in [2.05, 4.69) is 19.2 Å². The maximum absolute atomic E-state index is 13.0. The number of rotatable bonds is 5. The zero-order valence-corrected chi connectivity index (χ0v) is 14.6. The third-order valence-electron chi connectivity index (χ3n) is 5.12. The summed E-state index contributed by atoms with van der Waals surface area (Å²) in [5, 5.41) is 12.9.